The highest BCUT2D eigenvalue weighted by atomic mass is 35.5. The first-order chi connectivity index (χ1) is 16.1. The Morgan fingerprint density at radius 3 is 2.18 bits per heavy atom. The molecule has 1 amide bonds. The van der Waals surface area contributed by atoms with Gasteiger partial charge in [0.25, 0.3) is 5.91 Å². The summed E-state index contributed by atoms with van der Waals surface area (Å²) in [6, 6.07) is 17.9. The third-order valence-corrected chi connectivity index (χ3v) is 5.47. The Morgan fingerprint density at radius 2 is 1.56 bits per heavy atom. The van der Waals surface area contributed by atoms with E-state index in [1.165, 1.54) is 24.3 Å². The molecule has 0 fully saturated rings. The zero-order valence-electron chi connectivity index (χ0n) is 18.3. The first-order valence-corrected chi connectivity index (χ1v) is 11.3. The summed E-state index contributed by atoms with van der Waals surface area (Å²) in [7, 11) is 0. The highest BCUT2D eigenvalue weighted by Crippen LogP contribution is 2.25. The van der Waals surface area contributed by atoms with E-state index in [9.17, 15) is 18.0 Å². The fourth-order valence-electron chi connectivity index (χ4n) is 3.39. The summed E-state index contributed by atoms with van der Waals surface area (Å²) in [6.45, 7) is 3.11. The third kappa shape index (κ3) is 7.57. The number of benzene rings is 3. The molecule has 3 aromatic rings. The molecule has 0 spiro atoms. The van der Waals surface area contributed by atoms with E-state index in [1.807, 2.05) is 19.1 Å². The van der Waals surface area contributed by atoms with Crippen LogP contribution < -0.4 is 10.1 Å². The molecule has 0 aromatic heterocycles. The number of amides is 1. The average Bonchev–Trinajstić information content (AvgIpc) is 2.79. The molecule has 34 heavy (non-hydrogen) atoms. The summed E-state index contributed by atoms with van der Waals surface area (Å²) in [5.41, 5.74) is 2.73. The van der Waals surface area contributed by atoms with Crippen LogP contribution in [0.15, 0.2) is 66.7 Å². The number of rotatable bonds is 9. The molecule has 180 valence electrons. The summed E-state index contributed by atoms with van der Waals surface area (Å²) >= 11 is 12.1. The molecule has 0 aliphatic carbocycles. The molecule has 3 rings (SSSR count). The van der Waals surface area contributed by atoms with Crippen molar-refractivity contribution < 1.29 is 22.7 Å². The number of hydrogen-bond donors (Lipinski definition) is 1. The fraction of sp³-hybridized carbons (Fsp3) is 0.240. The topological polar surface area (TPSA) is 41.6 Å². The second-order valence-electron chi connectivity index (χ2n) is 7.52. The van der Waals surface area contributed by atoms with Crippen LogP contribution in [0.3, 0.4) is 0 Å². The van der Waals surface area contributed by atoms with E-state index in [1.54, 1.807) is 35.2 Å². The fourth-order valence-corrected chi connectivity index (χ4v) is 3.69. The molecule has 0 heterocycles. The smallest absolute Gasteiger partial charge is 0.406 e. The van der Waals surface area contributed by atoms with E-state index < -0.39 is 6.36 Å². The molecule has 0 bridgehead atoms. The van der Waals surface area contributed by atoms with Gasteiger partial charge in [-0.3, -0.25) is 4.79 Å². The van der Waals surface area contributed by atoms with Gasteiger partial charge in [-0.05, 0) is 66.9 Å². The number of alkyl halides is 3. The van der Waals surface area contributed by atoms with Crippen molar-refractivity contribution in [2.45, 2.75) is 26.3 Å². The second kappa shape index (κ2) is 11.5. The minimum atomic E-state index is -4.77. The Labute approximate surface area is 206 Å². The largest absolute Gasteiger partial charge is 0.573 e. The normalized spacial score (nSPS) is 11.2. The van der Waals surface area contributed by atoms with Crippen LogP contribution in [0, 0.1) is 0 Å². The maximum absolute atomic E-state index is 13.6. The molecule has 1 N–H and O–H groups in total. The minimum Gasteiger partial charge on any atom is -0.406 e. The number of halogens is 5. The van der Waals surface area contributed by atoms with Crippen molar-refractivity contribution in [2.24, 2.45) is 0 Å². The van der Waals surface area contributed by atoms with Crippen LogP contribution in [-0.4, -0.2) is 30.3 Å². The van der Waals surface area contributed by atoms with Crippen molar-refractivity contribution in [3.63, 3.8) is 0 Å². The van der Waals surface area contributed by atoms with Crippen molar-refractivity contribution in [1.82, 2.24) is 4.90 Å². The van der Waals surface area contributed by atoms with Crippen LogP contribution in [0.2, 0.25) is 10.0 Å². The highest BCUT2D eigenvalue weighted by molar-refractivity contribution is 6.31. The molecular weight excluding hydrogens is 488 g/mol. The molecule has 0 aliphatic heterocycles. The molecule has 0 aliphatic rings. The van der Waals surface area contributed by atoms with Gasteiger partial charge >= 0.3 is 6.36 Å². The zero-order valence-corrected chi connectivity index (χ0v) is 19.8. The molecule has 0 saturated carbocycles. The average molecular weight is 511 g/mol. The van der Waals surface area contributed by atoms with Gasteiger partial charge in [0.05, 0.1) is 5.56 Å². The van der Waals surface area contributed by atoms with E-state index in [0.29, 0.717) is 46.4 Å². The summed E-state index contributed by atoms with van der Waals surface area (Å²) in [4.78, 5) is 15.2. The van der Waals surface area contributed by atoms with Gasteiger partial charge in [0, 0.05) is 35.4 Å². The number of carbonyl (C=O) groups excluding carboxylic acids is 1. The van der Waals surface area contributed by atoms with Gasteiger partial charge in [0.15, 0.2) is 0 Å². The molecule has 0 saturated heterocycles. The number of carbonyl (C=O) groups is 1. The summed E-state index contributed by atoms with van der Waals surface area (Å²) in [5.74, 6) is -0.567. The minimum absolute atomic E-state index is 0.191. The van der Waals surface area contributed by atoms with Gasteiger partial charge in [-0.1, -0.05) is 47.5 Å². The van der Waals surface area contributed by atoms with E-state index in [2.05, 4.69) is 10.1 Å². The van der Waals surface area contributed by atoms with Crippen LogP contribution in [0.25, 0.3) is 0 Å². The second-order valence-corrected chi connectivity index (χ2v) is 8.39. The lowest BCUT2D eigenvalue weighted by atomic mass is 10.1. The predicted molar refractivity (Wildman–Crippen MR) is 129 cm³/mol. The van der Waals surface area contributed by atoms with Gasteiger partial charge in [0.1, 0.15) is 5.75 Å². The number of hydrogen-bond acceptors (Lipinski definition) is 3. The maximum Gasteiger partial charge on any atom is 0.573 e. The lowest BCUT2D eigenvalue weighted by Crippen LogP contribution is -2.33. The molecule has 0 atom stereocenters. The first kappa shape index (κ1) is 25.7. The van der Waals surface area contributed by atoms with Crippen LogP contribution in [0.1, 0.15) is 28.4 Å². The number of nitrogens with zero attached hydrogens (tertiary/aromatic N) is 1. The molecule has 0 radical (unpaired) electrons. The van der Waals surface area contributed by atoms with Gasteiger partial charge < -0.3 is 15.0 Å². The van der Waals surface area contributed by atoms with Crippen molar-refractivity contribution in [3.05, 3.63) is 93.5 Å². The Morgan fingerprint density at radius 1 is 0.941 bits per heavy atom. The predicted octanol–water partition coefficient (Wildman–Crippen LogP) is 7.21. The van der Waals surface area contributed by atoms with Gasteiger partial charge in [-0.15, -0.1) is 13.2 Å². The van der Waals surface area contributed by atoms with Crippen molar-refractivity contribution in [2.75, 3.05) is 18.4 Å². The number of anilines is 1. The van der Waals surface area contributed by atoms with E-state index in [-0.39, 0.29) is 18.2 Å². The van der Waals surface area contributed by atoms with Crippen molar-refractivity contribution >= 4 is 34.8 Å². The van der Waals surface area contributed by atoms with Crippen LogP contribution in [0.5, 0.6) is 5.75 Å². The number of ether oxygens (including phenoxy) is 1. The highest BCUT2D eigenvalue weighted by Gasteiger charge is 2.31. The first-order valence-electron chi connectivity index (χ1n) is 10.6. The Hall–Kier alpha value is -2.90. The monoisotopic (exact) mass is 510 g/mol. The lowest BCUT2D eigenvalue weighted by molar-refractivity contribution is -0.274. The molecule has 9 heteroatoms. The zero-order chi connectivity index (χ0) is 24.7. The van der Waals surface area contributed by atoms with Crippen LogP contribution in [0.4, 0.5) is 18.9 Å². The summed E-state index contributed by atoms with van der Waals surface area (Å²) in [5, 5.41) is 4.21. The molecule has 3 aromatic carbocycles. The SMILES string of the molecule is CCNc1ccc(Cl)cc1C(=O)N(CCc1ccc(Cl)cc1)Cc1ccc(OC(F)(F)F)cc1. The summed E-state index contributed by atoms with van der Waals surface area (Å²) in [6.07, 6.45) is -4.20. The maximum atomic E-state index is 13.6. The molecule has 0 unspecified atom stereocenters. The van der Waals surface area contributed by atoms with E-state index in [0.717, 1.165) is 5.56 Å². The summed E-state index contributed by atoms with van der Waals surface area (Å²) < 4.78 is 41.3. The van der Waals surface area contributed by atoms with Crippen LogP contribution >= 0.6 is 23.2 Å². The Kier molecular flexibility index (Phi) is 8.69. The van der Waals surface area contributed by atoms with Gasteiger partial charge in [0.2, 0.25) is 0 Å². The molecule has 4 nitrogen and oxygen atoms in total. The third-order valence-electron chi connectivity index (χ3n) is 4.98. The van der Waals surface area contributed by atoms with Crippen molar-refractivity contribution in [3.8, 4) is 5.75 Å². The Bertz CT molecular complexity index is 1100. The van der Waals surface area contributed by atoms with Crippen LogP contribution in [-0.2, 0) is 13.0 Å². The quantitative estimate of drug-likeness (QED) is 0.330. The van der Waals surface area contributed by atoms with Crippen molar-refractivity contribution in [1.29, 1.82) is 0 Å². The van der Waals surface area contributed by atoms with E-state index >= 15 is 0 Å². The Balaban J connectivity index is 1.85. The van der Waals surface area contributed by atoms with E-state index in [4.69, 9.17) is 23.2 Å². The van der Waals surface area contributed by atoms with Gasteiger partial charge in [-0.25, -0.2) is 0 Å². The van der Waals surface area contributed by atoms with Gasteiger partial charge in [-0.2, -0.15) is 0 Å². The molecular formula is C25H23Cl2F3N2O2. The standard InChI is InChI=1S/C25H23Cl2F3N2O2/c1-2-31-23-12-9-20(27)15-22(23)24(33)32(14-13-17-3-7-19(26)8-4-17)16-18-5-10-21(11-6-18)34-25(28,29)30/h3-12,15,31H,2,13-14,16H2,1H3. The lowest BCUT2D eigenvalue weighted by Gasteiger charge is -2.25. The number of nitrogens with one attached hydrogen (secondary N) is 1.